The molecule has 0 amide bonds. The first-order valence-corrected chi connectivity index (χ1v) is 11.1. The first kappa shape index (κ1) is 18.9. The maximum Gasteiger partial charge on any atom is 0.192 e. The lowest BCUT2D eigenvalue weighted by atomic mass is 10.1. The molecule has 1 atom stereocenters. The van der Waals surface area contributed by atoms with Crippen LogP contribution in [0.15, 0.2) is 55.1 Å². The van der Waals surface area contributed by atoms with Crippen LogP contribution in [0, 0.1) is 5.92 Å². The highest BCUT2D eigenvalue weighted by Gasteiger charge is 2.37. The molecule has 122 valence electrons. The zero-order valence-corrected chi connectivity index (χ0v) is 15.9. The summed E-state index contributed by atoms with van der Waals surface area (Å²) in [6.07, 6.45) is 8.64. The van der Waals surface area contributed by atoms with Gasteiger partial charge in [-0.3, -0.25) is 0 Å². The lowest BCUT2D eigenvalue weighted by molar-refractivity contribution is 0.270. The van der Waals surface area contributed by atoms with Crippen LogP contribution < -0.4 is 0 Å². The quantitative estimate of drug-likeness (QED) is 0.422. The Balaban J connectivity index is 2.42. The van der Waals surface area contributed by atoms with Crippen molar-refractivity contribution in [3.63, 3.8) is 0 Å². The molecule has 0 unspecified atom stereocenters. The molecule has 0 radical (unpaired) electrons. The Kier molecular flexibility index (Phi) is 7.31. The number of rotatable bonds is 8. The predicted octanol–water partition coefficient (Wildman–Crippen LogP) is 6.00. The van der Waals surface area contributed by atoms with Crippen molar-refractivity contribution >= 4 is 8.32 Å². The van der Waals surface area contributed by atoms with Crippen LogP contribution in [-0.2, 0) is 10.8 Å². The molecule has 1 aromatic rings. The average Bonchev–Trinajstić information content (AvgIpc) is 2.46. The number of aryl methyl sites for hydroxylation is 1. The van der Waals surface area contributed by atoms with Gasteiger partial charge in [-0.05, 0) is 36.5 Å². The third-order valence-electron chi connectivity index (χ3n) is 4.57. The summed E-state index contributed by atoms with van der Waals surface area (Å²) in [5.74, 6) is 0.310. The largest absolute Gasteiger partial charge is 0.416 e. The highest BCUT2D eigenvalue weighted by Crippen LogP contribution is 2.36. The van der Waals surface area contributed by atoms with E-state index in [9.17, 15) is 0 Å². The van der Waals surface area contributed by atoms with Crippen LogP contribution in [0.4, 0.5) is 0 Å². The summed E-state index contributed by atoms with van der Waals surface area (Å²) in [7, 11) is -1.67. The minimum absolute atomic E-state index is 0.260. The van der Waals surface area contributed by atoms with E-state index in [1.165, 1.54) is 5.56 Å². The summed E-state index contributed by atoms with van der Waals surface area (Å²) in [6, 6.07) is 10.6. The Morgan fingerprint density at radius 1 is 1.18 bits per heavy atom. The van der Waals surface area contributed by atoms with Gasteiger partial charge in [0.05, 0.1) is 0 Å². The van der Waals surface area contributed by atoms with Gasteiger partial charge < -0.3 is 4.43 Å². The normalized spacial score (nSPS) is 14.2. The molecule has 0 N–H and O–H groups in total. The summed E-state index contributed by atoms with van der Waals surface area (Å²) in [5, 5.41) is 0.260. The van der Waals surface area contributed by atoms with Crippen molar-refractivity contribution in [2.75, 3.05) is 6.61 Å². The van der Waals surface area contributed by atoms with Gasteiger partial charge in [0.1, 0.15) is 0 Å². The van der Waals surface area contributed by atoms with E-state index in [1.807, 2.05) is 6.08 Å². The van der Waals surface area contributed by atoms with Crippen molar-refractivity contribution in [3.8, 4) is 0 Å². The molecule has 2 heteroatoms. The molecule has 0 saturated heterocycles. The molecule has 0 aliphatic carbocycles. The molecule has 0 aliphatic heterocycles. The number of hydrogen-bond donors (Lipinski definition) is 0. The fourth-order valence-corrected chi connectivity index (χ4v) is 2.93. The standard InChI is InChI=1S/C20H32OSi/c1-7-18(17-21-22(5,6)20(2,3)4)13-11-12-16-19-14-9-8-10-15-19/h7-11,13-15,18H,1,12,16-17H2,2-6H3/b13-11+/t18-/m0/s1. The average molecular weight is 317 g/mol. The highest BCUT2D eigenvalue weighted by molar-refractivity contribution is 6.74. The third-order valence-corrected chi connectivity index (χ3v) is 9.07. The minimum Gasteiger partial charge on any atom is -0.416 e. The second-order valence-corrected chi connectivity index (χ2v) is 12.2. The van der Waals surface area contributed by atoms with Crippen LogP contribution in [0.2, 0.25) is 18.1 Å². The summed E-state index contributed by atoms with van der Waals surface area (Å²) < 4.78 is 6.28. The van der Waals surface area contributed by atoms with E-state index in [4.69, 9.17) is 4.43 Å². The molecule has 0 saturated carbocycles. The van der Waals surface area contributed by atoms with Gasteiger partial charge >= 0.3 is 0 Å². The van der Waals surface area contributed by atoms with E-state index in [1.54, 1.807) is 0 Å². The van der Waals surface area contributed by atoms with Crippen molar-refractivity contribution in [3.05, 3.63) is 60.7 Å². The van der Waals surface area contributed by atoms with E-state index in [-0.39, 0.29) is 5.04 Å². The zero-order chi connectivity index (χ0) is 16.6. The van der Waals surface area contributed by atoms with Crippen molar-refractivity contribution in [1.82, 2.24) is 0 Å². The molecule has 0 bridgehead atoms. The predicted molar refractivity (Wildman–Crippen MR) is 101 cm³/mol. The molecule has 1 nitrogen and oxygen atoms in total. The molecule has 0 heterocycles. The van der Waals surface area contributed by atoms with Gasteiger partial charge in [-0.15, -0.1) is 6.58 Å². The second kappa shape index (κ2) is 8.49. The monoisotopic (exact) mass is 316 g/mol. The van der Waals surface area contributed by atoms with Gasteiger partial charge in [-0.2, -0.15) is 0 Å². The van der Waals surface area contributed by atoms with Crippen molar-refractivity contribution in [1.29, 1.82) is 0 Å². The molecule has 1 aromatic carbocycles. The van der Waals surface area contributed by atoms with Gasteiger partial charge in [0.15, 0.2) is 8.32 Å². The molecule has 1 rings (SSSR count). The molecular weight excluding hydrogens is 284 g/mol. The smallest absolute Gasteiger partial charge is 0.192 e. The Bertz CT molecular complexity index is 468. The first-order valence-electron chi connectivity index (χ1n) is 8.23. The molecule has 0 aliphatic rings. The molecule has 0 fully saturated rings. The maximum absolute atomic E-state index is 6.28. The van der Waals surface area contributed by atoms with Gasteiger partial charge in [0, 0.05) is 12.5 Å². The Hall–Kier alpha value is -1.12. The van der Waals surface area contributed by atoms with E-state index in [2.05, 4.69) is 82.9 Å². The van der Waals surface area contributed by atoms with Crippen LogP contribution in [-0.4, -0.2) is 14.9 Å². The highest BCUT2D eigenvalue weighted by atomic mass is 28.4. The van der Waals surface area contributed by atoms with E-state index >= 15 is 0 Å². The summed E-state index contributed by atoms with van der Waals surface area (Å²) in [4.78, 5) is 0. The lowest BCUT2D eigenvalue weighted by Gasteiger charge is -2.36. The minimum atomic E-state index is -1.67. The number of allylic oxidation sites excluding steroid dienone is 1. The van der Waals surface area contributed by atoms with E-state index in [0.717, 1.165) is 19.4 Å². The summed E-state index contributed by atoms with van der Waals surface area (Å²) in [6.45, 7) is 16.1. The fraction of sp³-hybridized carbons (Fsp3) is 0.500. The Morgan fingerprint density at radius 3 is 2.36 bits per heavy atom. The SMILES string of the molecule is C=C[C@@H](/C=C/CCc1ccccc1)CO[Si](C)(C)C(C)(C)C. The second-order valence-electron chi connectivity index (χ2n) is 7.42. The van der Waals surface area contributed by atoms with Crippen molar-refractivity contribution in [2.45, 2.75) is 51.7 Å². The third kappa shape index (κ3) is 6.33. The van der Waals surface area contributed by atoms with Gasteiger partial charge in [-0.1, -0.05) is 69.3 Å². The molecular formula is C20H32OSi. The van der Waals surface area contributed by atoms with Crippen LogP contribution >= 0.6 is 0 Å². The van der Waals surface area contributed by atoms with Gasteiger partial charge in [-0.25, -0.2) is 0 Å². The van der Waals surface area contributed by atoms with E-state index in [0.29, 0.717) is 5.92 Å². The Morgan fingerprint density at radius 2 is 1.82 bits per heavy atom. The maximum atomic E-state index is 6.28. The van der Waals surface area contributed by atoms with Crippen LogP contribution in [0.5, 0.6) is 0 Å². The molecule has 22 heavy (non-hydrogen) atoms. The number of benzene rings is 1. The van der Waals surface area contributed by atoms with E-state index < -0.39 is 8.32 Å². The summed E-state index contributed by atoms with van der Waals surface area (Å²) >= 11 is 0. The van der Waals surface area contributed by atoms with Crippen molar-refractivity contribution in [2.24, 2.45) is 5.92 Å². The molecule has 0 aromatic heterocycles. The van der Waals surface area contributed by atoms with Crippen LogP contribution in [0.1, 0.15) is 32.8 Å². The van der Waals surface area contributed by atoms with Crippen LogP contribution in [0.25, 0.3) is 0 Å². The lowest BCUT2D eigenvalue weighted by Crippen LogP contribution is -2.41. The number of hydrogen-bond acceptors (Lipinski definition) is 1. The first-order chi connectivity index (χ1) is 10.3. The topological polar surface area (TPSA) is 9.23 Å². The van der Waals surface area contributed by atoms with Crippen molar-refractivity contribution < 1.29 is 4.43 Å². The van der Waals surface area contributed by atoms with Crippen LogP contribution in [0.3, 0.4) is 0 Å². The van der Waals surface area contributed by atoms with Gasteiger partial charge in [0.2, 0.25) is 0 Å². The zero-order valence-electron chi connectivity index (χ0n) is 14.9. The Labute approximate surface area is 138 Å². The van der Waals surface area contributed by atoms with Gasteiger partial charge in [0.25, 0.3) is 0 Å². The summed E-state index contributed by atoms with van der Waals surface area (Å²) in [5.41, 5.74) is 1.39. The fourth-order valence-electron chi connectivity index (χ4n) is 1.89. The molecule has 0 spiro atoms.